The molecule has 0 atom stereocenters. The number of carbonyl (C=O) groups is 1. The maximum atomic E-state index is 13.1. The van der Waals surface area contributed by atoms with E-state index in [4.69, 9.17) is 15.2 Å². The molecular weight excluding hydrogens is 341 g/mol. The number of hydrogen-bond donors (Lipinski definition) is 1. The van der Waals surface area contributed by atoms with Gasteiger partial charge in [0.15, 0.2) is 0 Å². The van der Waals surface area contributed by atoms with Gasteiger partial charge in [0.1, 0.15) is 18.2 Å². The zero-order valence-electron chi connectivity index (χ0n) is 11.2. The number of halogens is 2. The van der Waals surface area contributed by atoms with E-state index < -0.39 is 11.8 Å². The van der Waals surface area contributed by atoms with Crippen molar-refractivity contribution in [2.45, 2.75) is 6.61 Å². The molecule has 21 heavy (non-hydrogen) atoms. The molecule has 0 amide bonds. The molecule has 0 unspecified atom stereocenters. The SMILES string of the molecule is COc1ccc(Br)cc1COC(=O)c1ccc(F)c(N)c1. The Kier molecular flexibility index (Phi) is 4.80. The molecule has 0 spiro atoms. The number of carbonyl (C=O) groups excluding carboxylic acids is 1. The van der Waals surface area contributed by atoms with Gasteiger partial charge in [0.25, 0.3) is 0 Å². The van der Waals surface area contributed by atoms with E-state index in [0.29, 0.717) is 5.75 Å². The minimum Gasteiger partial charge on any atom is -0.496 e. The van der Waals surface area contributed by atoms with E-state index in [2.05, 4.69) is 15.9 Å². The minimum absolute atomic E-state index is 0.0404. The molecule has 0 fully saturated rings. The maximum absolute atomic E-state index is 13.1. The van der Waals surface area contributed by atoms with Crippen LogP contribution in [0.5, 0.6) is 5.75 Å². The molecule has 0 heterocycles. The van der Waals surface area contributed by atoms with Gasteiger partial charge in [0.05, 0.1) is 18.4 Å². The van der Waals surface area contributed by atoms with Crippen LogP contribution in [-0.4, -0.2) is 13.1 Å². The second-order valence-electron chi connectivity index (χ2n) is 4.27. The van der Waals surface area contributed by atoms with Gasteiger partial charge >= 0.3 is 5.97 Å². The molecule has 2 rings (SSSR count). The zero-order valence-corrected chi connectivity index (χ0v) is 12.8. The van der Waals surface area contributed by atoms with Crippen molar-refractivity contribution in [3.63, 3.8) is 0 Å². The Hall–Kier alpha value is -2.08. The molecule has 2 aromatic carbocycles. The highest BCUT2D eigenvalue weighted by atomic mass is 79.9. The summed E-state index contributed by atoms with van der Waals surface area (Å²) in [6.07, 6.45) is 0. The van der Waals surface area contributed by atoms with Crippen molar-refractivity contribution in [2.75, 3.05) is 12.8 Å². The van der Waals surface area contributed by atoms with Gasteiger partial charge in [-0.15, -0.1) is 0 Å². The van der Waals surface area contributed by atoms with Gasteiger partial charge in [0.2, 0.25) is 0 Å². The summed E-state index contributed by atoms with van der Waals surface area (Å²) in [5.74, 6) is -0.534. The molecule has 0 aliphatic heterocycles. The van der Waals surface area contributed by atoms with Crippen molar-refractivity contribution in [2.24, 2.45) is 0 Å². The molecule has 0 aromatic heterocycles. The summed E-state index contributed by atoms with van der Waals surface area (Å²) in [6.45, 7) is 0.0404. The summed E-state index contributed by atoms with van der Waals surface area (Å²) in [5.41, 5.74) is 6.24. The van der Waals surface area contributed by atoms with E-state index in [0.717, 1.165) is 16.1 Å². The molecule has 0 aliphatic rings. The largest absolute Gasteiger partial charge is 0.496 e. The molecule has 110 valence electrons. The average Bonchev–Trinajstić information content (AvgIpc) is 2.47. The van der Waals surface area contributed by atoms with Crippen LogP contribution in [0.2, 0.25) is 0 Å². The van der Waals surface area contributed by atoms with Crippen LogP contribution in [0, 0.1) is 5.82 Å². The van der Waals surface area contributed by atoms with Crippen molar-refractivity contribution in [1.82, 2.24) is 0 Å². The van der Waals surface area contributed by atoms with Crippen LogP contribution in [0.1, 0.15) is 15.9 Å². The number of esters is 1. The van der Waals surface area contributed by atoms with Gasteiger partial charge in [-0.05, 0) is 36.4 Å². The predicted molar refractivity (Wildman–Crippen MR) is 80.6 cm³/mol. The smallest absolute Gasteiger partial charge is 0.338 e. The topological polar surface area (TPSA) is 61.5 Å². The third kappa shape index (κ3) is 3.72. The van der Waals surface area contributed by atoms with Crippen molar-refractivity contribution in [3.05, 3.63) is 57.8 Å². The van der Waals surface area contributed by atoms with E-state index >= 15 is 0 Å². The highest BCUT2D eigenvalue weighted by Crippen LogP contribution is 2.24. The molecular formula is C15H13BrFNO3. The number of benzene rings is 2. The summed E-state index contributed by atoms with van der Waals surface area (Å²) in [6, 6.07) is 9.09. The summed E-state index contributed by atoms with van der Waals surface area (Å²) in [7, 11) is 1.54. The van der Waals surface area contributed by atoms with Crippen LogP contribution in [0.15, 0.2) is 40.9 Å². The molecule has 0 bridgehead atoms. The van der Waals surface area contributed by atoms with E-state index in [1.165, 1.54) is 19.2 Å². The quantitative estimate of drug-likeness (QED) is 0.674. The first-order valence-corrected chi connectivity index (χ1v) is 6.85. The molecule has 2 N–H and O–H groups in total. The Morgan fingerprint density at radius 1 is 1.29 bits per heavy atom. The second kappa shape index (κ2) is 6.58. The second-order valence-corrected chi connectivity index (χ2v) is 5.18. The fourth-order valence-electron chi connectivity index (χ4n) is 1.76. The molecule has 0 aliphatic carbocycles. The molecule has 0 saturated carbocycles. The minimum atomic E-state index is -0.580. The number of nitrogens with two attached hydrogens (primary N) is 1. The van der Waals surface area contributed by atoms with Gasteiger partial charge in [-0.25, -0.2) is 9.18 Å². The Morgan fingerprint density at radius 2 is 2.05 bits per heavy atom. The van der Waals surface area contributed by atoms with E-state index in [-0.39, 0.29) is 17.9 Å². The first kappa shape index (κ1) is 15.3. The molecule has 2 aromatic rings. The Balaban J connectivity index is 2.10. The lowest BCUT2D eigenvalue weighted by atomic mass is 10.2. The number of rotatable bonds is 4. The van der Waals surface area contributed by atoms with Gasteiger partial charge in [-0.2, -0.15) is 0 Å². The Labute approximate surface area is 129 Å². The van der Waals surface area contributed by atoms with Crippen molar-refractivity contribution in [1.29, 1.82) is 0 Å². The maximum Gasteiger partial charge on any atom is 0.338 e. The first-order valence-electron chi connectivity index (χ1n) is 6.06. The lowest BCUT2D eigenvalue weighted by Gasteiger charge is -2.10. The lowest BCUT2D eigenvalue weighted by molar-refractivity contribution is 0.0470. The molecule has 0 radical (unpaired) electrons. The molecule has 6 heteroatoms. The van der Waals surface area contributed by atoms with Gasteiger partial charge in [-0.1, -0.05) is 15.9 Å². The highest BCUT2D eigenvalue weighted by Gasteiger charge is 2.12. The van der Waals surface area contributed by atoms with Crippen LogP contribution in [-0.2, 0) is 11.3 Å². The highest BCUT2D eigenvalue weighted by molar-refractivity contribution is 9.10. The Bertz CT molecular complexity index is 676. The normalized spacial score (nSPS) is 10.2. The molecule has 0 saturated heterocycles. The van der Waals surface area contributed by atoms with Crippen LogP contribution in [0.25, 0.3) is 0 Å². The molecule has 4 nitrogen and oxygen atoms in total. The van der Waals surface area contributed by atoms with Crippen LogP contribution in [0.4, 0.5) is 10.1 Å². The predicted octanol–water partition coefficient (Wildman–Crippen LogP) is 3.54. The average molecular weight is 354 g/mol. The van der Waals surface area contributed by atoms with Crippen molar-refractivity contribution >= 4 is 27.6 Å². The van der Waals surface area contributed by atoms with Crippen LogP contribution >= 0.6 is 15.9 Å². The fourth-order valence-corrected chi connectivity index (χ4v) is 2.17. The standard InChI is InChI=1S/C15H13BrFNO3/c1-20-14-5-3-11(16)6-10(14)8-21-15(19)9-2-4-12(17)13(18)7-9/h2-7H,8,18H2,1H3. The zero-order chi connectivity index (χ0) is 15.4. The number of hydrogen-bond acceptors (Lipinski definition) is 4. The number of methoxy groups -OCH3 is 1. The van der Waals surface area contributed by atoms with Gasteiger partial charge < -0.3 is 15.2 Å². The van der Waals surface area contributed by atoms with Crippen molar-refractivity contribution in [3.8, 4) is 5.75 Å². The third-order valence-corrected chi connectivity index (χ3v) is 3.33. The number of anilines is 1. The fraction of sp³-hybridized carbons (Fsp3) is 0.133. The van der Waals surface area contributed by atoms with Gasteiger partial charge in [-0.3, -0.25) is 0 Å². The summed E-state index contributed by atoms with van der Waals surface area (Å²) in [5, 5.41) is 0. The van der Waals surface area contributed by atoms with Crippen LogP contribution in [0.3, 0.4) is 0 Å². The van der Waals surface area contributed by atoms with Gasteiger partial charge in [0, 0.05) is 10.0 Å². The monoisotopic (exact) mass is 353 g/mol. The van der Waals surface area contributed by atoms with E-state index in [1.54, 1.807) is 12.1 Å². The van der Waals surface area contributed by atoms with Crippen LogP contribution < -0.4 is 10.5 Å². The first-order chi connectivity index (χ1) is 10.0. The summed E-state index contributed by atoms with van der Waals surface area (Å²) < 4.78 is 24.3. The lowest BCUT2D eigenvalue weighted by Crippen LogP contribution is -2.07. The number of ether oxygens (including phenoxy) is 2. The Morgan fingerprint density at radius 3 is 2.71 bits per heavy atom. The summed E-state index contributed by atoms with van der Waals surface area (Å²) >= 11 is 3.34. The summed E-state index contributed by atoms with van der Waals surface area (Å²) in [4.78, 5) is 11.9. The van der Waals surface area contributed by atoms with E-state index in [1.807, 2.05) is 6.07 Å². The number of nitrogen functional groups attached to an aromatic ring is 1. The van der Waals surface area contributed by atoms with E-state index in [9.17, 15) is 9.18 Å². The third-order valence-electron chi connectivity index (χ3n) is 2.83. The van der Waals surface area contributed by atoms with Crippen molar-refractivity contribution < 1.29 is 18.7 Å².